The van der Waals surface area contributed by atoms with Crippen molar-refractivity contribution in [2.75, 3.05) is 0 Å². The Hall–Kier alpha value is -2.32. The second-order valence-electron chi connectivity index (χ2n) is 4.33. The number of carboxylic acids is 1. The topological polar surface area (TPSA) is 72.9 Å². The van der Waals surface area contributed by atoms with E-state index in [1.807, 2.05) is 0 Å². The van der Waals surface area contributed by atoms with Gasteiger partial charge < -0.3 is 9.67 Å². The molecule has 0 spiro atoms. The number of hydrogen-bond donors (Lipinski definition) is 1. The van der Waals surface area contributed by atoms with Crippen LogP contribution >= 0.6 is 0 Å². The highest BCUT2D eigenvalue weighted by Crippen LogP contribution is 2.33. The van der Waals surface area contributed by atoms with E-state index in [0.717, 1.165) is 6.07 Å². The quantitative estimate of drug-likeness (QED) is 0.932. The molecule has 20 heavy (non-hydrogen) atoms. The fourth-order valence-corrected chi connectivity index (χ4v) is 2.00. The minimum absolute atomic E-state index is 0.0497. The van der Waals surface area contributed by atoms with E-state index in [9.17, 15) is 18.0 Å². The normalized spacial score (nSPS) is 11.8. The summed E-state index contributed by atoms with van der Waals surface area (Å²) in [5.74, 6) is -1.41. The lowest BCUT2D eigenvalue weighted by Crippen LogP contribution is -2.18. The largest absolute Gasteiger partial charge is 0.477 e. The van der Waals surface area contributed by atoms with Gasteiger partial charge in [0.1, 0.15) is 17.1 Å². The van der Waals surface area contributed by atoms with Gasteiger partial charge >= 0.3 is 12.1 Å². The maximum absolute atomic E-state index is 13.0. The molecule has 0 aliphatic rings. The van der Waals surface area contributed by atoms with Crippen molar-refractivity contribution in [1.82, 2.24) is 19.6 Å². The Morgan fingerprint density at radius 3 is 2.55 bits per heavy atom. The molecular formula is C11H11F3N4O2. The van der Waals surface area contributed by atoms with Crippen LogP contribution < -0.4 is 0 Å². The standard InChI is InChI=1S/C11H11F3N4O2/c1-6-3-8(11(12,13)14)18(9(6)10(19)20)5-7-4-17(2)16-15-7/h3-4H,5H2,1-2H3,(H,19,20). The molecule has 0 aliphatic carbocycles. The van der Waals surface area contributed by atoms with E-state index in [1.54, 1.807) is 7.05 Å². The van der Waals surface area contributed by atoms with Gasteiger partial charge in [0.15, 0.2) is 0 Å². The zero-order valence-electron chi connectivity index (χ0n) is 10.6. The van der Waals surface area contributed by atoms with Crippen molar-refractivity contribution in [3.63, 3.8) is 0 Å². The fourth-order valence-electron chi connectivity index (χ4n) is 2.00. The predicted octanol–water partition coefficient (Wildman–Crippen LogP) is 1.69. The first-order valence-electron chi connectivity index (χ1n) is 5.56. The Morgan fingerprint density at radius 1 is 1.45 bits per heavy atom. The molecule has 2 rings (SSSR count). The highest BCUT2D eigenvalue weighted by molar-refractivity contribution is 5.88. The van der Waals surface area contributed by atoms with Gasteiger partial charge in [-0.15, -0.1) is 5.10 Å². The van der Waals surface area contributed by atoms with Crippen molar-refractivity contribution < 1.29 is 23.1 Å². The lowest BCUT2D eigenvalue weighted by atomic mass is 10.2. The monoisotopic (exact) mass is 288 g/mol. The number of rotatable bonds is 3. The summed E-state index contributed by atoms with van der Waals surface area (Å²) in [6.07, 6.45) is -3.21. The number of aromatic carboxylic acids is 1. The summed E-state index contributed by atoms with van der Waals surface area (Å²) in [7, 11) is 1.57. The van der Waals surface area contributed by atoms with Gasteiger partial charge in [0, 0.05) is 13.2 Å². The predicted molar refractivity (Wildman–Crippen MR) is 61.2 cm³/mol. The molecule has 0 bridgehead atoms. The van der Waals surface area contributed by atoms with Crippen molar-refractivity contribution in [1.29, 1.82) is 0 Å². The lowest BCUT2D eigenvalue weighted by Gasteiger charge is -2.12. The van der Waals surface area contributed by atoms with Crippen LogP contribution in [0, 0.1) is 6.92 Å². The second-order valence-corrected chi connectivity index (χ2v) is 4.33. The molecule has 2 aromatic rings. The van der Waals surface area contributed by atoms with Crippen LogP contribution in [-0.4, -0.2) is 30.6 Å². The fraction of sp³-hybridized carbons (Fsp3) is 0.364. The van der Waals surface area contributed by atoms with Gasteiger partial charge in [-0.3, -0.25) is 4.68 Å². The van der Waals surface area contributed by atoms with E-state index < -0.39 is 23.5 Å². The third-order valence-electron chi connectivity index (χ3n) is 2.75. The zero-order valence-corrected chi connectivity index (χ0v) is 10.6. The van der Waals surface area contributed by atoms with Gasteiger partial charge in [-0.05, 0) is 18.6 Å². The molecule has 0 amide bonds. The van der Waals surface area contributed by atoms with E-state index in [2.05, 4.69) is 10.3 Å². The Balaban J connectivity index is 2.55. The van der Waals surface area contributed by atoms with Crippen LogP contribution in [-0.2, 0) is 19.8 Å². The third-order valence-corrected chi connectivity index (χ3v) is 2.75. The van der Waals surface area contributed by atoms with E-state index in [1.165, 1.54) is 17.8 Å². The average Bonchev–Trinajstić information content (AvgIpc) is 2.82. The average molecular weight is 288 g/mol. The summed E-state index contributed by atoms with van der Waals surface area (Å²) in [6, 6.07) is 0.819. The summed E-state index contributed by atoms with van der Waals surface area (Å²) >= 11 is 0. The highest BCUT2D eigenvalue weighted by atomic mass is 19.4. The molecule has 0 aliphatic heterocycles. The second kappa shape index (κ2) is 4.66. The van der Waals surface area contributed by atoms with Crippen molar-refractivity contribution in [3.8, 4) is 0 Å². The maximum atomic E-state index is 13.0. The number of aromatic nitrogens is 4. The van der Waals surface area contributed by atoms with E-state index in [4.69, 9.17) is 5.11 Å². The van der Waals surface area contributed by atoms with Gasteiger partial charge in [0.2, 0.25) is 0 Å². The first-order chi connectivity index (χ1) is 9.20. The van der Waals surface area contributed by atoms with Crippen molar-refractivity contribution in [3.05, 3.63) is 34.9 Å². The van der Waals surface area contributed by atoms with Crippen LogP contribution in [0.3, 0.4) is 0 Å². The number of halogens is 3. The SMILES string of the molecule is Cc1cc(C(F)(F)F)n(Cc2cn(C)nn2)c1C(=O)O. The van der Waals surface area contributed by atoms with Crippen LogP contribution in [0.4, 0.5) is 13.2 Å². The van der Waals surface area contributed by atoms with Gasteiger partial charge in [0.05, 0.1) is 6.54 Å². The number of alkyl halides is 3. The van der Waals surface area contributed by atoms with E-state index in [-0.39, 0.29) is 17.8 Å². The van der Waals surface area contributed by atoms with Gasteiger partial charge in [0.25, 0.3) is 0 Å². The summed E-state index contributed by atoms with van der Waals surface area (Å²) in [6.45, 7) is 1.02. The van der Waals surface area contributed by atoms with Crippen LogP contribution in [0.15, 0.2) is 12.3 Å². The van der Waals surface area contributed by atoms with E-state index >= 15 is 0 Å². The smallest absolute Gasteiger partial charge is 0.431 e. The molecule has 108 valence electrons. The number of carbonyl (C=O) groups is 1. The first-order valence-corrected chi connectivity index (χ1v) is 5.56. The molecule has 9 heteroatoms. The lowest BCUT2D eigenvalue weighted by molar-refractivity contribution is -0.143. The molecule has 0 unspecified atom stereocenters. The minimum Gasteiger partial charge on any atom is -0.477 e. The molecule has 1 N–H and O–H groups in total. The molecule has 0 atom stereocenters. The molecule has 2 aromatic heterocycles. The Kier molecular flexibility index (Phi) is 3.28. The summed E-state index contributed by atoms with van der Waals surface area (Å²) in [5, 5.41) is 16.4. The molecule has 0 saturated heterocycles. The van der Waals surface area contributed by atoms with Crippen LogP contribution in [0.2, 0.25) is 0 Å². The van der Waals surface area contributed by atoms with E-state index in [0.29, 0.717) is 4.57 Å². The van der Waals surface area contributed by atoms with Crippen molar-refractivity contribution >= 4 is 5.97 Å². The number of hydrogen-bond acceptors (Lipinski definition) is 3. The minimum atomic E-state index is -4.64. The number of carboxylic acid groups (broad SMARTS) is 1. The van der Waals surface area contributed by atoms with Crippen molar-refractivity contribution in [2.24, 2.45) is 7.05 Å². The molecule has 0 aromatic carbocycles. The van der Waals surface area contributed by atoms with Crippen molar-refractivity contribution in [2.45, 2.75) is 19.6 Å². The Bertz CT molecular complexity index is 657. The Labute approximate surface area is 111 Å². The summed E-state index contributed by atoms with van der Waals surface area (Å²) in [4.78, 5) is 11.1. The van der Waals surface area contributed by atoms with Crippen LogP contribution in [0.5, 0.6) is 0 Å². The molecule has 2 heterocycles. The summed E-state index contributed by atoms with van der Waals surface area (Å²) < 4.78 is 40.9. The summed E-state index contributed by atoms with van der Waals surface area (Å²) in [5.41, 5.74) is -1.12. The van der Waals surface area contributed by atoms with Crippen LogP contribution in [0.1, 0.15) is 27.4 Å². The van der Waals surface area contributed by atoms with Crippen LogP contribution in [0.25, 0.3) is 0 Å². The van der Waals surface area contributed by atoms with Gasteiger partial charge in [-0.1, -0.05) is 5.21 Å². The number of nitrogens with zero attached hydrogens (tertiary/aromatic N) is 4. The third kappa shape index (κ3) is 2.51. The highest BCUT2D eigenvalue weighted by Gasteiger charge is 2.37. The van der Waals surface area contributed by atoms with Gasteiger partial charge in [-0.25, -0.2) is 4.79 Å². The molecule has 6 nitrogen and oxygen atoms in total. The number of aryl methyl sites for hydroxylation is 2. The molecule has 0 fully saturated rings. The zero-order chi connectivity index (χ0) is 15.1. The van der Waals surface area contributed by atoms with Gasteiger partial charge in [-0.2, -0.15) is 13.2 Å². The molecule has 0 saturated carbocycles. The molecule has 0 radical (unpaired) electrons. The maximum Gasteiger partial charge on any atom is 0.431 e. The molecular weight excluding hydrogens is 277 g/mol. The first kappa shape index (κ1) is 14.1. The Morgan fingerprint density at radius 2 is 2.10 bits per heavy atom.